The molecule has 0 aliphatic carbocycles. The number of unbranched alkanes of at least 4 members (excludes halogenated alkanes) is 29. The molecule has 0 heterocycles. The number of nitrogens with zero attached hydrogens (tertiary/aromatic N) is 1. The average molecular weight is 817 g/mol. The minimum absolute atomic E-state index is 0.0912. The van der Waals surface area contributed by atoms with Gasteiger partial charge in [0.25, 0.3) is 0 Å². The number of phosphoric acid groups is 1. The van der Waals surface area contributed by atoms with Crippen molar-refractivity contribution in [1.29, 1.82) is 0 Å². The van der Waals surface area contributed by atoms with Gasteiger partial charge in [-0.25, -0.2) is 4.57 Å². The topological polar surface area (TPSA) is 91.3 Å². The molecule has 0 saturated carbocycles. The molecule has 9 heteroatoms. The maximum atomic E-state index is 12.7. The van der Waals surface area contributed by atoms with Crippen LogP contribution < -0.4 is 0 Å². The van der Waals surface area contributed by atoms with Crippen LogP contribution in [0.25, 0.3) is 0 Å². The summed E-state index contributed by atoms with van der Waals surface area (Å²) in [6, 6.07) is 0. The molecule has 0 aromatic rings. The van der Waals surface area contributed by atoms with Crippen LogP contribution in [-0.2, 0) is 27.9 Å². The Bertz CT molecular complexity index is 909. The van der Waals surface area contributed by atoms with Gasteiger partial charge in [0, 0.05) is 13.0 Å². The van der Waals surface area contributed by atoms with Gasteiger partial charge >= 0.3 is 13.8 Å². The molecule has 0 fully saturated rings. The summed E-state index contributed by atoms with van der Waals surface area (Å²) in [5.41, 5.74) is 0. The first-order chi connectivity index (χ1) is 27.1. The summed E-state index contributed by atoms with van der Waals surface area (Å²) in [6.45, 7) is 5.66. The fraction of sp³-hybridized carbons (Fsp3) is 0.936. The second kappa shape index (κ2) is 41.0. The molecule has 8 nitrogen and oxygen atoms in total. The van der Waals surface area contributed by atoms with Crippen LogP contribution in [0.2, 0.25) is 0 Å². The van der Waals surface area contributed by atoms with Gasteiger partial charge in [0.05, 0.1) is 34.4 Å². The van der Waals surface area contributed by atoms with Crippen molar-refractivity contribution in [2.75, 3.05) is 54.1 Å². The predicted octanol–water partition coefficient (Wildman–Crippen LogP) is 14.2. The van der Waals surface area contributed by atoms with Crippen molar-refractivity contribution in [1.82, 2.24) is 0 Å². The molecule has 0 spiro atoms. The summed E-state index contributed by atoms with van der Waals surface area (Å²) in [5.74, 6) is -0.313. The van der Waals surface area contributed by atoms with E-state index in [-0.39, 0.29) is 25.8 Å². The molecule has 0 aromatic carbocycles. The third kappa shape index (κ3) is 44.3. The van der Waals surface area contributed by atoms with Crippen LogP contribution >= 0.6 is 7.82 Å². The number of likely N-dealkylation sites (N-methyl/N-ethyl adjacent to an activating group) is 1. The number of carbonyl (C=O) groups excluding carboxylic acids is 1. The van der Waals surface area contributed by atoms with Gasteiger partial charge < -0.3 is 18.9 Å². The first-order valence-electron chi connectivity index (χ1n) is 23.9. The van der Waals surface area contributed by atoms with Crippen LogP contribution in [0.5, 0.6) is 0 Å². The molecule has 0 amide bonds. The first kappa shape index (κ1) is 55.2. The number of carbonyl (C=O) groups is 1. The molecule has 0 radical (unpaired) electrons. The lowest BCUT2D eigenvalue weighted by Crippen LogP contribution is -2.37. The highest BCUT2D eigenvalue weighted by atomic mass is 31.2. The van der Waals surface area contributed by atoms with Crippen molar-refractivity contribution < 1.29 is 37.3 Å². The van der Waals surface area contributed by atoms with Gasteiger partial charge in [0.2, 0.25) is 0 Å². The lowest BCUT2D eigenvalue weighted by atomic mass is 10.0. The Morgan fingerprint density at radius 2 is 0.929 bits per heavy atom. The summed E-state index contributed by atoms with van der Waals surface area (Å²) in [7, 11) is 1.68. The summed E-state index contributed by atoms with van der Waals surface area (Å²) in [5, 5.41) is 0. The summed E-state index contributed by atoms with van der Waals surface area (Å²) < 4.78 is 35.1. The zero-order valence-electron chi connectivity index (χ0n) is 37.9. The van der Waals surface area contributed by atoms with Crippen LogP contribution in [-0.4, -0.2) is 75.6 Å². The van der Waals surface area contributed by atoms with E-state index < -0.39 is 13.9 Å². The monoisotopic (exact) mass is 817 g/mol. The number of ether oxygens (including phenoxy) is 2. The van der Waals surface area contributed by atoms with Gasteiger partial charge in [0.15, 0.2) is 0 Å². The Kier molecular flexibility index (Phi) is 40.4. The Morgan fingerprint density at radius 3 is 1.36 bits per heavy atom. The number of rotatable bonds is 45. The highest BCUT2D eigenvalue weighted by Crippen LogP contribution is 2.43. The van der Waals surface area contributed by atoms with E-state index in [1.807, 2.05) is 21.1 Å². The Hall–Kier alpha value is -0.760. The highest BCUT2D eigenvalue weighted by molar-refractivity contribution is 7.47. The van der Waals surface area contributed by atoms with E-state index in [2.05, 4.69) is 26.0 Å². The number of phosphoric ester groups is 1. The van der Waals surface area contributed by atoms with E-state index in [9.17, 15) is 14.3 Å². The second-order valence-electron chi connectivity index (χ2n) is 17.5. The van der Waals surface area contributed by atoms with Crippen LogP contribution in [0, 0.1) is 0 Å². The molecule has 0 saturated heterocycles. The third-order valence-electron chi connectivity index (χ3n) is 10.6. The molecule has 0 rings (SSSR count). The maximum absolute atomic E-state index is 12.7. The van der Waals surface area contributed by atoms with Gasteiger partial charge in [-0.05, 0) is 38.5 Å². The smallest absolute Gasteiger partial charge is 0.457 e. The molecular weight excluding hydrogens is 721 g/mol. The van der Waals surface area contributed by atoms with E-state index in [0.717, 1.165) is 32.1 Å². The summed E-state index contributed by atoms with van der Waals surface area (Å²) >= 11 is 0. The van der Waals surface area contributed by atoms with Crippen molar-refractivity contribution in [2.24, 2.45) is 0 Å². The normalized spacial score (nSPS) is 13.8. The average Bonchev–Trinajstić information content (AvgIpc) is 3.15. The van der Waals surface area contributed by atoms with Gasteiger partial charge in [-0.1, -0.05) is 193 Å². The zero-order chi connectivity index (χ0) is 41.3. The molecule has 0 aromatic heterocycles. The van der Waals surface area contributed by atoms with Crippen molar-refractivity contribution in [2.45, 2.75) is 232 Å². The molecule has 1 N–H and O–H groups in total. The molecule has 334 valence electrons. The van der Waals surface area contributed by atoms with Gasteiger partial charge in [-0.3, -0.25) is 13.8 Å². The molecule has 2 unspecified atom stereocenters. The summed E-state index contributed by atoms with van der Waals surface area (Å²) in [4.78, 5) is 22.9. The third-order valence-corrected chi connectivity index (χ3v) is 11.6. The van der Waals surface area contributed by atoms with E-state index in [1.54, 1.807) is 0 Å². The maximum Gasteiger partial charge on any atom is 0.472 e. The number of quaternary nitrogens is 1. The highest BCUT2D eigenvalue weighted by Gasteiger charge is 2.26. The van der Waals surface area contributed by atoms with E-state index in [0.29, 0.717) is 24.1 Å². The molecular formula is C47H95NO7P+. The Labute approximate surface area is 348 Å². The molecule has 0 aliphatic heterocycles. The molecule has 2 atom stereocenters. The standard InChI is InChI=1S/C47H94NO7P/c1-6-8-10-12-14-16-18-20-22-24-26-28-30-32-34-36-38-40-47(49)55-46(45-54-56(50,51)53-43-41-48(3,4)5)44-52-42-39-37-35-33-31-29-27-25-23-21-19-17-15-13-11-9-7-2/h20,22,46H,6-19,21,23-45H2,1-5H3/p+1/b22-20-. The van der Waals surface area contributed by atoms with E-state index >= 15 is 0 Å². The van der Waals surface area contributed by atoms with Crippen LogP contribution in [0.3, 0.4) is 0 Å². The molecule has 56 heavy (non-hydrogen) atoms. The minimum Gasteiger partial charge on any atom is -0.457 e. The number of allylic oxidation sites excluding steroid dienone is 2. The quantitative estimate of drug-likeness (QED) is 0.0215. The first-order valence-corrected chi connectivity index (χ1v) is 25.4. The SMILES string of the molecule is CCCCCCCC/C=C\CCCCCCCCCC(=O)OC(COCCCCCCCCCCCCCCCCCCC)COP(=O)(O)OCC[N+](C)(C)C. The fourth-order valence-electron chi connectivity index (χ4n) is 6.84. The lowest BCUT2D eigenvalue weighted by molar-refractivity contribution is -0.870. The van der Waals surface area contributed by atoms with Gasteiger partial charge in [-0.2, -0.15) is 0 Å². The predicted molar refractivity (Wildman–Crippen MR) is 238 cm³/mol. The minimum atomic E-state index is -4.27. The summed E-state index contributed by atoms with van der Waals surface area (Å²) in [6.07, 6.45) is 45.3. The Balaban J connectivity index is 4.16. The van der Waals surface area contributed by atoms with Crippen LogP contribution in [0.15, 0.2) is 12.2 Å². The number of hydrogen-bond donors (Lipinski definition) is 1. The largest absolute Gasteiger partial charge is 0.472 e. The van der Waals surface area contributed by atoms with E-state index in [1.165, 1.54) is 173 Å². The lowest BCUT2D eigenvalue weighted by Gasteiger charge is -2.24. The van der Waals surface area contributed by atoms with Gasteiger partial charge in [-0.15, -0.1) is 0 Å². The molecule has 0 aliphatic rings. The fourth-order valence-corrected chi connectivity index (χ4v) is 7.58. The zero-order valence-corrected chi connectivity index (χ0v) is 38.8. The van der Waals surface area contributed by atoms with Gasteiger partial charge in [0.1, 0.15) is 19.3 Å². The molecule has 0 bridgehead atoms. The van der Waals surface area contributed by atoms with Crippen molar-refractivity contribution in [3.05, 3.63) is 12.2 Å². The van der Waals surface area contributed by atoms with Crippen molar-refractivity contribution in [3.63, 3.8) is 0 Å². The second-order valence-corrected chi connectivity index (χ2v) is 19.0. The number of esters is 1. The van der Waals surface area contributed by atoms with Crippen LogP contribution in [0.4, 0.5) is 0 Å². The van der Waals surface area contributed by atoms with Crippen LogP contribution in [0.1, 0.15) is 226 Å². The van der Waals surface area contributed by atoms with Crippen molar-refractivity contribution >= 4 is 13.8 Å². The van der Waals surface area contributed by atoms with E-state index in [4.69, 9.17) is 18.5 Å². The van der Waals surface area contributed by atoms with Crippen molar-refractivity contribution in [3.8, 4) is 0 Å². The Morgan fingerprint density at radius 1 is 0.536 bits per heavy atom. The number of hydrogen-bond acceptors (Lipinski definition) is 6.